The normalized spacial score (nSPS) is 15.9. The minimum absolute atomic E-state index is 0.139. The van der Waals surface area contributed by atoms with Crippen LogP contribution < -0.4 is 19.5 Å². The molecule has 0 saturated carbocycles. The van der Waals surface area contributed by atoms with Crippen molar-refractivity contribution in [1.29, 1.82) is 0 Å². The molecule has 1 amide bonds. The Morgan fingerprint density at radius 1 is 1.19 bits per heavy atom. The number of carbonyl (C=O) groups excluding carboxylic acids is 1. The van der Waals surface area contributed by atoms with E-state index in [0.717, 1.165) is 17.1 Å². The highest BCUT2D eigenvalue weighted by Crippen LogP contribution is 2.30. The van der Waals surface area contributed by atoms with Crippen molar-refractivity contribution in [3.05, 3.63) is 60.2 Å². The zero-order valence-electron chi connectivity index (χ0n) is 15.0. The molecule has 26 heavy (non-hydrogen) atoms. The summed E-state index contributed by atoms with van der Waals surface area (Å²) in [5, 5.41) is 2.84. The van der Waals surface area contributed by atoms with Gasteiger partial charge in [0.25, 0.3) is 0 Å². The van der Waals surface area contributed by atoms with E-state index in [1.54, 1.807) is 6.08 Å². The van der Waals surface area contributed by atoms with Crippen LogP contribution in [0.4, 0.5) is 0 Å². The molecule has 0 fully saturated rings. The van der Waals surface area contributed by atoms with Crippen LogP contribution in [0.15, 0.2) is 54.6 Å². The Morgan fingerprint density at radius 3 is 2.65 bits per heavy atom. The fourth-order valence-corrected chi connectivity index (χ4v) is 2.54. The van der Waals surface area contributed by atoms with Gasteiger partial charge in [-0.3, -0.25) is 4.79 Å². The van der Waals surface area contributed by atoms with Gasteiger partial charge in [0.05, 0.1) is 12.6 Å². The van der Waals surface area contributed by atoms with Crippen LogP contribution >= 0.6 is 0 Å². The van der Waals surface area contributed by atoms with E-state index in [2.05, 4.69) is 5.32 Å². The summed E-state index contributed by atoms with van der Waals surface area (Å²) >= 11 is 0. The molecule has 2 aromatic rings. The second kappa shape index (κ2) is 8.43. The van der Waals surface area contributed by atoms with E-state index in [4.69, 9.17) is 14.2 Å². The van der Waals surface area contributed by atoms with E-state index in [-0.39, 0.29) is 18.1 Å². The molecule has 136 valence electrons. The predicted molar refractivity (Wildman–Crippen MR) is 101 cm³/mol. The molecule has 3 rings (SSSR count). The van der Waals surface area contributed by atoms with E-state index in [1.807, 2.05) is 62.4 Å². The van der Waals surface area contributed by atoms with Gasteiger partial charge in [-0.15, -0.1) is 0 Å². The molecular formula is C21H23NO4. The van der Waals surface area contributed by atoms with Crippen molar-refractivity contribution in [3.8, 4) is 17.2 Å². The van der Waals surface area contributed by atoms with Crippen LogP contribution in [0.5, 0.6) is 17.2 Å². The molecule has 0 aliphatic carbocycles. The molecule has 1 N–H and O–H groups in total. The zero-order valence-corrected chi connectivity index (χ0v) is 15.0. The van der Waals surface area contributed by atoms with Crippen LogP contribution in [0.25, 0.3) is 6.08 Å². The number of hydrogen-bond acceptors (Lipinski definition) is 4. The first kappa shape index (κ1) is 17.9. The molecule has 0 aromatic heterocycles. The summed E-state index contributed by atoms with van der Waals surface area (Å²) in [5.74, 6) is 2.09. The van der Waals surface area contributed by atoms with Crippen LogP contribution in [-0.4, -0.2) is 31.3 Å². The molecule has 5 nitrogen and oxygen atoms in total. The van der Waals surface area contributed by atoms with Gasteiger partial charge in [-0.2, -0.15) is 0 Å². The number of para-hydroxylation sites is 2. The quantitative estimate of drug-likeness (QED) is 0.808. The molecule has 1 atom stereocenters. The monoisotopic (exact) mass is 353 g/mol. The summed E-state index contributed by atoms with van der Waals surface area (Å²) in [6.45, 7) is 4.77. The van der Waals surface area contributed by atoms with Gasteiger partial charge in [-0.05, 0) is 49.8 Å². The Labute approximate surface area is 153 Å². The van der Waals surface area contributed by atoms with Gasteiger partial charge in [-0.25, -0.2) is 0 Å². The van der Waals surface area contributed by atoms with E-state index in [9.17, 15) is 4.79 Å². The summed E-state index contributed by atoms with van der Waals surface area (Å²) in [7, 11) is 0. The number of carbonyl (C=O) groups is 1. The average molecular weight is 353 g/mol. The van der Waals surface area contributed by atoms with Crippen molar-refractivity contribution in [3.63, 3.8) is 0 Å². The maximum atomic E-state index is 12.0. The van der Waals surface area contributed by atoms with Crippen LogP contribution in [-0.2, 0) is 4.79 Å². The minimum Gasteiger partial charge on any atom is -0.491 e. The first-order valence-electron chi connectivity index (χ1n) is 8.71. The fourth-order valence-electron chi connectivity index (χ4n) is 2.54. The number of hydrogen-bond donors (Lipinski definition) is 1. The average Bonchev–Trinajstić information content (AvgIpc) is 2.65. The van der Waals surface area contributed by atoms with E-state index >= 15 is 0 Å². The third kappa shape index (κ3) is 5.02. The summed E-state index contributed by atoms with van der Waals surface area (Å²) in [4.78, 5) is 12.0. The first-order chi connectivity index (χ1) is 12.6. The van der Waals surface area contributed by atoms with Crippen molar-refractivity contribution >= 4 is 12.0 Å². The van der Waals surface area contributed by atoms with Crippen molar-refractivity contribution in [2.24, 2.45) is 0 Å². The number of ether oxygens (including phenoxy) is 3. The van der Waals surface area contributed by atoms with E-state index in [1.165, 1.54) is 6.08 Å². The lowest BCUT2D eigenvalue weighted by molar-refractivity contribution is -0.116. The number of benzene rings is 2. The van der Waals surface area contributed by atoms with Crippen molar-refractivity contribution in [1.82, 2.24) is 5.32 Å². The Kier molecular flexibility index (Phi) is 5.79. The second-order valence-electron chi connectivity index (χ2n) is 6.31. The molecule has 0 spiro atoms. The van der Waals surface area contributed by atoms with Crippen LogP contribution in [0.2, 0.25) is 0 Å². The largest absolute Gasteiger partial charge is 0.491 e. The highest BCUT2D eigenvalue weighted by Gasteiger charge is 2.20. The van der Waals surface area contributed by atoms with Gasteiger partial charge in [-0.1, -0.05) is 24.3 Å². The molecule has 1 heterocycles. The third-order valence-corrected chi connectivity index (χ3v) is 3.75. The Bertz CT molecular complexity index is 768. The molecule has 2 aromatic carbocycles. The molecular weight excluding hydrogens is 330 g/mol. The molecule has 1 unspecified atom stereocenters. The lowest BCUT2D eigenvalue weighted by atomic mass is 10.2. The Balaban J connectivity index is 1.46. The molecule has 5 heteroatoms. The molecule has 0 bridgehead atoms. The van der Waals surface area contributed by atoms with Crippen molar-refractivity contribution in [2.75, 3.05) is 13.2 Å². The highest BCUT2D eigenvalue weighted by atomic mass is 16.6. The maximum Gasteiger partial charge on any atom is 0.244 e. The highest BCUT2D eigenvalue weighted by molar-refractivity contribution is 5.91. The number of fused-ring (bicyclic) bond motifs is 1. The number of nitrogens with one attached hydrogen (secondary N) is 1. The standard InChI is InChI=1S/C21H23NO4/c1-15(2)25-17-10-7-16(8-11-17)9-12-21(23)22-13-18-14-24-19-5-3-4-6-20(19)26-18/h3-12,15,18H,13-14H2,1-2H3,(H,22,23). The Morgan fingerprint density at radius 2 is 1.92 bits per heavy atom. The minimum atomic E-state index is -0.199. The number of amides is 1. The summed E-state index contributed by atoms with van der Waals surface area (Å²) < 4.78 is 17.0. The van der Waals surface area contributed by atoms with Gasteiger partial charge in [0.15, 0.2) is 11.5 Å². The Hall–Kier alpha value is -2.95. The molecule has 1 aliphatic rings. The first-order valence-corrected chi connectivity index (χ1v) is 8.71. The second-order valence-corrected chi connectivity index (χ2v) is 6.31. The molecule has 0 saturated heterocycles. The summed E-state index contributed by atoms with van der Waals surface area (Å²) in [6.07, 6.45) is 3.22. The number of rotatable bonds is 6. The summed E-state index contributed by atoms with van der Waals surface area (Å²) in [6, 6.07) is 15.1. The lowest BCUT2D eigenvalue weighted by Gasteiger charge is -2.26. The van der Waals surface area contributed by atoms with Gasteiger partial charge >= 0.3 is 0 Å². The van der Waals surface area contributed by atoms with Crippen molar-refractivity contribution < 1.29 is 19.0 Å². The van der Waals surface area contributed by atoms with E-state index < -0.39 is 0 Å². The smallest absolute Gasteiger partial charge is 0.244 e. The predicted octanol–water partition coefficient (Wildman–Crippen LogP) is 3.44. The maximum absolute atomic E-state index is 12.0. The lowest BCUT2D eigenvalue weighted by Crippen LogP contribution is -2.40. The van der Waals surface area contributed by atoms with Crippen LogP contribution in [0.3, 0.4) is 0 Å². The van der Waals surface area contributed by atoms with Gasteiger partial charge in [0.2, 0.25) is 5.91 Å². The van der Waals surface area contributed by atoms with Gasteiger partial charge in [0.1, 0.15) is 18.5 Å². The molecule has 0 radical (unpaired) electrons. The fraction of sp³-hybridized carbons (Fsp3) is 0.286. The van der Waals surface area contributed by atoms with E-state index in [0.29, 0.717) is 18.9 Å². The van der Waals surface area contributed by atoms with Crippen LogP contribution in [0, 0.1) is 0 Å². The SMILES string of the molecule is CC(C)Oc1ccc(C=CC(=O)NCC2COc3ccccc3O2)cc1. The van der Waals surface area contributed by atoms with Gasteiger partial charge in [0, 0.05) is 6.08 Å². The third-order valence-electron chi connectivity index (χ3n) is 3.75. The molecule has 1 aliphatic heterocycles. The van der Waals surface area contributed by atoms with Crippen molar-refractivity contribution in [2.45, 2.75) is 26.1 Å². The zero-order chi connectivity index (χ0) is 18.4. The van der Waals surface area contributed by atoms with Crippen LogP contribution in [0.1, 0.15) is 19.4 Å². The van der Waals surface area contributed by atoms with Gasteiger partial charge < -0.3 is 19.5 Å². The summed E-state index contributed by atoms with van der Waals surface area (Å²) in [5.41, 5.74) is 0.933. The topological polar surface area (TPSA) is 56.8 Å².